The van der Waals surface area contributed by atoms with E-state index in [1.54, 1.807) is 0 Å². The van der Waals surface area contributed by atoms with Crippen molar-refractivity contribution in [3.05, 3.63) is 35.4 Å². The normalized spacial score (nSPS) is 26.4. The Bertz CT molecular complexity index is 452. The Morgan fingerprint density at radius 3 is 2.60 bits per heavy atom. The summed E-state index contributed by atoms with van der Waals surface area (Å²) in [6, 6.07) is 8.93. The van der Waals surface area contributed by atoms with Gasteiger partial charge in [0.25, 0.3) is 0 Å². The highest BCUT2D eigenvalue weighted by atomic mass is 15.2. The minimum Gasteiger partial charge on any atom is -0.329 e. The van der Waals surface area contributed by atoms with Crippen molar-refractivity contribution in [3.63, 3.8) is 0 Å². The third kappa shape index (κ3) is 2.51. The zero-order chi connectivity index (χ0) is 14.0. The summed E-state index contributed by atoms with van der Waals surface area (Å²) < 4.78 is 0. The van der Waals surface area contributed by atoms with E-state index in [2.05, 4.69) is 36.1 Å². The van der Waals surface area contributed by atoms with E-state index in [1.807, 2.05) is 0 Å². The van der Waals surface area contributed by atoms with Crippen molar-refractivity contribution in [1.82, 2.24) is 4.90 Å². The van der Waals surface area contributed by atoms with E-state index in [1.165, 1.54) is 49.8 Å². The van der Waals surface area contributed by atoms with Crippen LogP contribution in [0.1, 0.15) is 43.7 Å². The second-order valence-electron chi connectivity index (χ2n) is 6.71. The maximum Gasteiger partial charge on any atom is 0.0375 e. The first kappa shape index (κ1) is 14.1. The van der Waals surface area contributed by atoms with E-state index in [0.29, 0.717) is 0 Å². The van der Waals surface area contributed by atoms with Crippen LogP contribution in [-0.2, 0) is 12.8 Å². The molecule has 0 spiro atoms. The Balaban J connectivity index is 1.80. The maximum atomic E-state index is 6.27. The standard InChI is InChI=1S/C18H28N2/c1-2-20(13-15-6-5-7-15)18(14-19)11-10-16-8-3-4-9-17(16)12-18/h3-4,8-9,15H,2,5-7,10-14,19H2,1H3. The number of nitrogens with zero attached hydrogens (tertiary/aromatic N) is 1. The second kappa shape index (κ2) is 5.87. The highest BCUT2D eigenvalue weighted by Gasteiger charge is 2.39. The Morgan fingerprint density at radius 1 is 1.25 bits per heavy atom. The minimum absolute atomic E-state index is 0.207. The summed E-state index contributed by atoms with van der Waals surface area (Å²) in [5, 5.41) is 0. The molecule has 1 aromatic carbocycles. The fourth-order valence-corrected chi connectivity index (χ4v) is 4.00. The number of hydrogen-bond acceptors (Lipinski definition) is 2. The lowest BCUT2D eigenvalue weighted by molar-refractivity contribution is 0.0520. The van der Waals surface area contributed by atoms with Crippen LogP contribution in [0.5, 0.6) is 0 Å². The van der Waals surface area contributed by atoms with Gasteiger partial charge < -0.3 is 5.73 Å². The fourth-order valence-electron chi connectivity index (χ4n) is 4.00. The molecule has 0 amide bonds. The number of hydrogen-bond donors (Lipinski definition) is 1. The lowest BCUT2D eigenvalue weighted by atomic mass is 9.75. The summed E-state index contributed by atoms with van der Waals surface area (Å²) in [6.45, 7) is 5.49. The van der Waals surface area contributed by atoms with Gasteiger partial charge in [0.05, 0.1) is 0 Å². The molecule has 2 aliphatic carbocycles. The van der Waals surface area contributed by atoms with Crippen molar-refractivity contribution < 1.29 is 0 Å². The van der Waals surface area contributed by atoms with Gasteiger partial charge in [-0.05, 0) is 55.7 Å². The third-order valence-electron chi connectivity index (χ3n) is 5.63. The van der Waals surface area contributed by atoms with Gasteiger partial charge in [-0.1, -0.05) is 37.6 Å². The van der Waals surface area contributed by atoms with E-state index >= 15 is 0 Å². The topological polar surface area (TPSA) is 29.3 Å². The Morgan fingerprint density at radius 2 is 2.00 bits per heavy atom. The molecule has 0 heterocycles. The van der Waals surface area contributed by atoms with E-state index in [-0.39, 0.29) is 5.54 Å². The smallest absolute Gasteiger partial charge is 0.0375 e. The van der Waals surface area contributed by atoms with Crippen molar-refractivity contribution >= 4 is 0 Å². The SMILES string of the molecule is CCN(CC1CCC1)C1(CN)CCc2ccccc2C1. The monoisotopic (exact) mass is 272 g/mol. The van der Waals surface area contributed by atoms with Crippen molar-refractivity contribution in [2.75, 3.05) is 19.6 Å². The molecule has 0 bridgehead atoms. The lowest BCUT2D eigenvalue weighted by Crippen LogP contribution is -2.58. The van der Waals surface area contributed by atoms with Gasteiger partial charge in [0, 0.05) is 18.6 Å². The zero-order valence-electron chi connectivity index (χ0n) is 12.8. The fraction of sp³-hybridized carbons (Fsp3) is 0.667. The first-order valence-corrected chi connectivity index (χ1v) is 8.29. The van der Waals surface area contributed by atoms with Crippen LogP contribution in [0.3, 0.4) is 0 Å². The Labute approximate surface area is 123 Å². The van der Waals surface area contributed by atoms with E-state index in [4.69, 9.17) is 5.73 Å². The van der Waals surface area contributed by atoms with Crippen molar-refractivity contribution in [2.24, 2.45) is 11.7 Å². The van der Waals surface area contributed by atoms with E-state index in [0.717, 1.165) is 25.4 Å². The van der Waals surface area contributed by atoms with Gasteiger partial charge in [-0.2, -0.15) is 0 Å². The van der Waals surface area contributed by atoms with Crippen LogP contribution in [0.4, 0.5) is 0 Å². The molecule has 0 aromatic heterocycles. The number of fused-ring (bicyclic) bond motifs is 1. The number of nitrogens with two attached hydrogens (primary N) is 1. The number of rotatable bonds is 5. The van der Waals surface area contributed by atoms with Gasteiger partial charge in [-0.15, -0.1) is 0 Å². The summed E-state index contributed by atoms with van der Waals surface area (Å²) in [5.41, 5.74) is 9.53. The highest BCUT2D eigenvalue weighted by molar-refractivity contribution is 5.32. The third-order valence-corrected chi connectivity index (χ3v) is 5.63. The first-order valence-electron chi connectivity index (χ1n) is 8.29. The van der Waals surface area contributed by atoms with Crippen LogP contribution >= 0.6 is 0 Å². The molecule has 2 nitrogen and oxygen atoms in total. The van der Waals surface area contributed by atoms with Crippen molar-refractivity contribution in [1.29, 1.82) is 0 Å². The summed E-state index contributed by atoms with van der Waals surface area (Å²) in [5.74, 6) is 0.926. The van der Waals surface area contributed by atoms with E-state index in [9.17, 15) is 0 Å². The molecule has 0 radical (unpaired) electrons. The average molecular weight is 272 g/mol. The zero-order valence-corrected chi connectivity index (χ0v) is 12.8. The predicted molar refractivity (Wildman–Crippen MR) is 84.8 cm³/mol. The van der Waals surface area contributed by atoms with Gasteiger partial charge in [-0.25, -0.2) is 0 Å². The van der Waals surface area contributed by atoms with Crippen LogP contribution in [0.2, 0.25) is 0 Å². The Hall–Kier alpha value is -0.860. The molecule has 2 heteroatoms. The molecule has 1 unspecified atom stereocenters. The highest BCUT2D eigenvalue weighted by Crippen LogP contribution is 2.35. The molecule has 1 atom stereocenters. The molecule has 1 aromatic rings. The number of aryl methyl sites for hydroxylation is 1. The number of likely N-dealkylation sites (N-methyl/N-ethyl adjacent to an activating group) is 1. The quantitative estimate of drug-likeness (QED) is 0.893. The van der Waals surface area contributed by atoms with Crippen LogP contribution in [0.15, 0.2) is 24.3 Å². The van der Waals surface area contributed by atoms with Crippen LogP contribution in [0, 0.1) is 5.92 Å². The summed E-state index contributed by atoms with van der Waals surface area (Å²) in [7, 11) is 0. The van der Waals surface area contributed by atoms with Crippen molar-refractivity contribution in [3.8, 4) is 0 Å². The molecule has 20 heavy (non-hydrogen) atoms. The van der Waals surface area contributed by atoms with Crippen LogP contribution < -0.4 is 5.73 Å². The molecule has 110 valence electrons. The largest absolute Gasteiger partial charge is 0.329 e. The maximum absolute atomic E-state index is 6.27. The molecular weight excluding hydrogens is 244 g/mol. The molecule has 3 rings (SSSR count). The summed E-state index contributed by atoms with van der Waals surface area (Å²) in [4.78, 5) is 2.70. The van der Waals surface area contributed by atoms with Crippen LogP contribution in [-0.4, -0.2) is 30.1 Å². The molecule has 2 N–H and O–H groups in total. The van der Waals surface area contributed by atoms with E-state index < -0.39 is 0 Å². The number of benzene rings is 1. The average Bonchev–Trinajstić information content (AvgIpc) is 2.46. The lowest BCUT2D eigenvalue weighted by Gasteiger charge is -2.48. The van der Waals surface area contributed by atoms with Crippen LogP contribution in [0.25, 0.3) is 0 Å². The molecule has 0 aliphatic heterocycles. The van der Waals surface area contributed by atoms with Crippen molar-refractivity contribution in [2.45, 2.75) is 51.0 Å². The molecule has 2 aliphatic rings. The molecular formula is C18H28N2. The molecule has 1 fully saturated rings. The molecule has 0 saturated heterocycles. The van der Waals surface area contributed by atoms with Gasteiger partial charge in [0.1, 0.15) is 0 Å². The predicted octanol–water partition coefficient (Wildman–Crippen LogP) is 2.99. The van der Waals surface area contributed by atoms with Gasteiger partial charge in [-0.3, -0.25) is 4.90 Å². The van der Waals surface area contributed by atoms with Gasteiger partial charge in [0.2, 0.25) is 0 Å². The molecule has 1 saturated carbocycles. The minimum atomic E-state index is 0.207. The Kier molecular flexibility index (Phi) is 4.13. The van der Waals surface area contributed by atoms with Gasteiger partial charge in [0.15, 0.2) is 0 Å². The summed E-state index contributed by atoms with van der Waals surface area (Å²) >= 11 is 0. The summed E-state index contributed by atoms with van der Waals surface area (Å²) in [6.07, 6.45) is 7.83. The second-order valence-corrected chi connectivity index (χ2v) is 6.71. The van der Waals surface area contributed by atoms with Gasteiger partial charge >= 0.3 is 0 Å². The first-order chi connectivity index (χ1) is 9.77.